The minimum atomic E-state index is -1.47. The summed E-state index contributed by atoms with van der Waals surface area (Å²) in [5.41, 5.74) is 1.36. The van der Waals surface area contributed by atoms with Crippen LogP contribution in [-0.2, 0) is 4.79 Å². The molecule has 0 spiro atoms. The fourth-order valence-corrected chi connectivity index (χ4v) is 1.01. The first-order valence-corrected chi connectivity index (χ1v) is 4.62. The van der Waals surface area contributed by atoms with E-state index in [0.717, 1.165) is 5.56 Å². The number of rotatable bonds is 4. The Morgan fingerprint density at radius 1 is 1.40 bits per heavy atom. The minimum absolute atomic E-state index is 0.273. The maximum Gasteiger partial charge on any atom is 0.261 e. The quantitative estimate of drug-likeness (QED) is 0.604. The molecule has 1 N–H and O–H groups in total. The van der Waals surface area contributed by atoms with Gasteiger partial charge in [-0.05, 0) is 31.6 Å². The molecule has 0 aliphatic rings. The van der Waals surface area contributed by atoms with Crippen molar-refractivity contribution in [3.63, 3.8) is 0 Å². The van der Waals surface area contributed by atoms with Crippen LogP contribution in [0.4, 0.5) is 0 Å². The monoisotopic (exact) mass is 206 g/mol. The number of ether oxygens (including phenoxy) is 1. The lowest BCUT2D eigenvalue weighted by atomic mass is 10.2. The van der Waals surface area contributed by atoms with Crippen molar-refractivity contribution in [2.45, 2.75) is 20.1 Å². The molecule has 0 amide bonds. The van der Waals surface area contributed by atoms with E-state index in [1.54, 1.807) is 12.1 Å². The summed E-state index contributed by atoms with van der Waals surface area (Å²) in [6, 6.07) is 7.08. The topological polar surface area (TPSA) is 46.5 Å². The zero-order chi connectivity index (χ0) is 11.4. The van der Waals surface area contributed by atoms with Gasteiger partial charge in [-0.25, -0.2) is 0 Å². The van der Waals surface area contributed by atoms with E-state index in [0.29, 0.717) is 5.75 Å². The van der Waals surface area contributed by atoms with Gasteiger partial charge >= 0.3 is 0 Å². The zero-order valence-electron chi connectivity index (χ0n) is 8.86. The molecule has 0 aromatic heterocycles. The van der Waals surface area contributed by atoms with E-state index in [2.05, 4.69) is 6.58 Å². The molecule has 1 atom stereocenters. The van der Waals surface area contributed by atoms with Gasteiger partial charge in [0, 0.05) is 0 Å². The van der Waals surface area contributed by atoms with Gasteiger partial charge in [0.2, 0.25) is 5.78 Å². The van der Waals surface area contributed by atoms with Crippen LogP contribution in [0.5, 0.6) is 5.75 Å². The molecule has 1 aromatic rings. The summed E-state index contributed by atoms with van der Waals surface area (Å²) in [5, 5.41) is 9.38. The highest BCUT2D eigenvalue weighted by Crippen LogP contribution is 2.13. The number of carbonyl (C=O) groups is 1. The first kappa shape index (κ1) is 11.5. The van der Waals surface area contributed by atoms with Crippen molar-refractivity contribution in [2.75, 3.05) is 0 Å². The Hall–Kier alpha value is -1.61. The molecule has 80 valence electrons. The number of ketones is 1. The molecule has 1 aromatic carbocycles. The highest BCUT2D eigenvalue weighted by Gasteiger charge is 2.16. The Morgan fingerprint density at radius 3 is 2.40 bits per heavy atom. The smallest absolute Gasteiger partial charge is 0.261 e. The summed E-state index contributed by atoms with van der Waals surface area (Å²) in [6.07, 6.45) is -1.47. The zero-order valence-corrected chi connectivity index (χ0v) is 8.86. The van der Waals surface area contributed by atoms with Crippen LogP contribution in [0.15, 0.2) is 36.4 Å². The van der Waals surface area contributed by atoms with Crippen molar-refractivity contribution in [3.8, 4) is 5.75 Å². The van der Waals surface area contributed by atoms with Crippen LogP contribution < -0.4 is 4.74 Å². The molecule has 0 bridgehead atoms. The van der Waals surface area contributed by atoms with Gasteiger partial charge in [-0.3, -0.25) is 4.79 Å². The molecule has 1 rings (SSSR count). The number of carbonyl (C=O) groups excluding carboxylic acids is 1. The maximum atomic E-state index is 11.2. The summed E-state index contributed by atoms with van der Waals surface area (Å²) in [4.78, 5) is 11.2. The highest BCUT2D eigenvalue weighted by atomic mass is 16.6. The van der Waals surface area contributed by atoms with Crippen LogP contribution in [0.25, 0.3) is 0 Å². The lowest BCUT2D eigenvalue weighted by molar-refractivity contribution is -0.136. The largest absolute Gasteiger partial charge is 0.457 e. The van der Waals surface area contributed by atoms with E-state index < -0.39 is 12.1 Å². The molecule has 3 heteroatoms. The SMILES string of the molecule is C=C(C)C(=O)C(O)Oc1ccc(C)cc1. The molecule has 0 heterocycles. The molecule has 3 nitrogen and oxygen atoms in total. The molecule has 0 aliphatic heterocycles. The standard InChI is InChI=1S/C12H14O3/c1-8(2)11(13)12(14)15-10-6-4-9(3)5-7-10/h4-7,12,14H,1H2,2-3H3. The van der Waals surface area contributed by atoms with Gasteiger partial charge in [-0.1, -0.05) is 24.3 Å². The molecular formula is C12H14O3. The third kappa shape index (κ3) is 3.22. The Kier molecular flexibility index (Phi) is 3.63. The summed E-state index contributed by atoms with van der Waals surface area (Å²) < 4.78 is 5.04. The second kappa shape index (κ2) is 4.75. The maximum absolute atomic E-state index is 11.2. The van der Waals surface area contributed by atoms with Gasteiger partial charge in [0.05, 0.1) is 0 Å². The minimum Gasteiger partial charge on any atom is -0.457 e. The van der Waals surface area contributed by atoms with Crippen molar-refractivity contribution >= 4 is 5.78 Å². The number of aliphatic hydroxyl groups is 1. The van der Waals surface area contributed by atoms with Gasteiger partial charge in [0.25, 0.3) is 6.29 Å². The fraction of sp³-hybridized carbons (Fsp3) is 0.250. The molecule has 0 saturated carbocycles. The summed E-state index contributed by atoms with van der Waals surface area (Å²) >= 11 is 0. The number of Topliss-reactive ketones (excluding diaryl/α,β-unsaturated/α-hetero) is 1. The Morgan fingerprint density at radius 2 is 1.93 bits per heavy atom. The van der Waals surface area contributed by atoms with Crippen LogP contribution in [0, 0.1) is 6.92 Å². The van der Waals surface area contributed by atoms with Crippen LogP contribution in [-0.4, -0.2) is 17.2 Å². The molecule has 0 aliphatic carbocycles. The first-order chi connectivity index (χ1) is 7.00. The molecular weight excluding hydrogens is 192 g/mol. The molecule has 0 saturated heterocycles. The molecule has 0 fully saturated rings. The van der Waals surface area contributed by atoms with Crippen molar-refractivity contribution in [2.24, 2.45) is 0 Å². The predicted octanol–water partition coefficient (Wildman–Crippen LogP) is 1.84. The second-order valence-corrected chi connectivity index (χ2v) is 3.43. The molecule has 1 unspecified atom stereocenters. The normalized spacial score (nSPS) is 11.9. The first-order valence-electron chi connectivity index (χ1n) is 4.62. The number of aryl methyl sites for hydroxylation is 1. The van der Waals surface area contributed by atoms with Crippen LogP contribution in [0.1, 0.15) is 12.5 Å². The van der Waals surface area contributed by atoms with Crippen molar-refractivity contribution in [1.29, 1.82) is 0 Å². The summed E-state index contributed by atoms with van der Waals surface area (Å²) in [6.45, 7) is 6.92. The highest BCUT2D eigenvalue weighted by molar-refractivity contribution is 5.96. The van der Waals surface area contributed by atoms with E-state index in [1.807, 2.05) is 19.1 Å². The summed E-state index contributed by atoms with van der Waals surface area (Å²) in [7, 11) is 0. The van der Waals surface area contributed by atoms with E-state index in [9.17, 15) is 9.90 Å². The van der Waals surface area contributed by atoms with Gasteiger partial charge in [-0.15, -0.1) is 0 Å². The van der Waals surface area contributed by atoms with Gasteiger partial charge in [0.15, 0.2) is 0 Å². The van der Waals surface area contributed by atoms with Gasteiger partial charge in [0.1, 0.15) is 5.75 Å². The average Bonchev–Trinajstić information content (AvgIpc) is 2.20. The number of hydrogen-bond acceptors (Lipinski definition) is 3. The van der Waals surface area contributed by atoms with Crippen molar-refractivity contribution in [3.05, 3.63) is 42.0 Å². The van der Waals surface area contributed by atoms with E-state index >= 15 is 0 Å². The Bertz CT molecular complexity index is 365. The lowest BCUT2D eigenvalue weighted by Crippen LogP contribution is -2.27. The van der Waals surface area contributed by atoms with Crippen molar-refractivity contribution in [1.82, 2.24) is 0 Å². The Balaban J connectivity index is 2.66. The lowest BCUT2D eigenvalue weighted by Gasteiger charge is -2.12. The van der Waals surface area contributed by atoms with Crippen LogP contribution in [0.3, 0.4) is 0 Å². The van der Waals surface area contributed by atoms with Crippen LogP contribution >= 0.6 is 0 Å². The van der Waals surface area contributed by atoms with Gasteiger partial charge < -0.3 is 9.84 Å². The second-order valence-electron chi connectivity index (χ2n) is 3.43. The van der Waals surface area contributed by atoms with Crippen molar-refractivity contribution < 1.29 is 14.6 Å². The molecule has 0 radical (unpaired) electrons. The van der Waals surface area contributed by atoms with E-state index in [1.165, 1.54) is 6.92 Å². The van der Waals surface area contributed by atoms with E-state index in [-0.39, 0.29) is 5.57 Å². The predicted molar refractivity (Wildman–Crippen MR) is 57.6 cm³/mol. The number of aliphatic hydroxyl groups excluding tert-OH is 1. The third-order valence-electron chi connectivity index (χ3n) is 1.91. The fourth-order valence-electron chi connectivity index (χ4n) is 1.01. The summed E-state index contributed by atoms with van der Waals surface area (Å²) in [5.74, 6) is -0.0433. The molecule has 15 heavy (non-hydrogen) atoms. The van der Waals surface area contributed by atoms with Gasteiger partial charge in [-0.2, -0.15) is 0 Å². The number of hydrogen-bond donors (Lipinski definition) is 1. The number of benzene rings is 1. The Labute approximate surface area is 89.0 Å². The third-order valence-corrected chi connectivity index (χ3v) is 1.91. The average molecular weight is 206 g/mol. The van der Waals surface area contributed by atoms with Crippen LogP contribution in [0.2, 0.25) is 0 Å². The van der Waals surface area contributed by atoms with E-state index in [4.69, 9.17) is 4.74 Å².